The summed E-state index contributed by atoms with van der Waals surface area (Å²) in [5, 5.41) is 18.6. The van der Waals surface area contributed by atoms with Gasteiger partial charge in [-0.05, 0) is 24.6 Å². The molecule has 0 spiro atoms. The van der Waals surface area contributed by atoms with Gasteiger partial charge in [0.15, 0.2) is 5.65 Å². The van der Waals surface area contributed by atoms with Crippen molar-refractivity contribution >= 4 is 22.8 Å². The highest BCUT2D eigenvalue weighted by molar-refractivity contribution is 5.89. The highest BCUT2D eigenvalue weighted by Crippen LogP contribution is 2.42. The number of fused-ring (bicyclic) bond motifs is 1. The summed E-state index contributed by atoms with van der Waals surface area (Å²) in [6.07, 6.45) is -2.70. The maximum atomic E-state index is 13.4. The van der Waals surface area contributed by atoms with E-state index in [0.29, 0.717) is 35.3 Å². The average Bonchev–Trinajstić information content (AvgIpc) is 3.27. The van der Waals surface area contributed by atoms with Crippen molar-refractivity contribution in [2.75, 3.05) is 49.6 Å². The maximum Gasteiger partial charge on any atom is 0.416 e. The maximum absolute atomic E-state index is 13.4. The number of aliphatic hydroxyl groups excluding tert-OH is 1. The molecule has 1 aromatic carbocycles. The van der Waals surface area contributed by atoms with E-state index in [2.05, 4.69) is 25.2 Å². The quantitative estimate of drug-likeness (QED) is 0.534. The molecule has 1 saturated carbocycles. The van der Waals surface area contributed by atoms with Crippen molar-refractivity contribution in [3.8, 4) is 5.69 Å². The van der Waals surface area contributed by atoms with Gasteiger partial charge in [0, 0.05) is 43.7 Å². The SMILES string of the molecule is CC1(C)[C@H](O)C[C@@H]1Nc1nc(N2CC(N3CCOCC3)C2)c2cnn(-c3cccc(C(F)(F)F)c3)c2n1. The first-order valence-corrected chi connectivity index (χ1v) is 12.6. The molecule has 6 rings (SSSR count). The molecule has 4 heterocycles. The van der Waals surface area contributed by atoms with Crippen LogP contribution in [-0.4, -0.2) is 87.3 Å². The van der Waals surface area contributed by atoms with Crippen LogP contribution >= 0.6 is 0 Å². The molecule has 3 aromatic rings. The summed E-state index contributed by atoms with van der Waals surface area (Å²) in [6, 6.07) is 5.43. The van der Waals surface area contributed by atoms with Crippen LogP contribution in [-0.2, 0) is 10.9 Å². The second-order valence-corrected chi connectivity index (χ2v) is 10.7. The first kappa shape index (κ1) is 24.4. The molecule has 3 aliphatic rings. The number of benzene rings is 1. The monoisotopic (exact) mass is 517 g/mol. The highest BCUT2D eigenvalue weighted by atomic mass is 19.4. The van der Waals surface area contributed by atoms with Gasteiger partial charge < -0.3 is 20.1 Å². The summed E-state index contributed by atoms with van der Waals surface area (Å²) in [7, 11) is 0. The van der Waals surface area contributed by atoms with Crippen LogP contribution in [0.25, 0.3) is 16.7 Å². The Bertz CT molecular complexity index is 1300. The van der Waals surface area contributed by atoms with Gasteiger partial charge >= 0.3 is 6.18 Å². The summed E-state index contributed by atoms with van der Waals surface area (Å²) < 4.78 is 47.1. The standard InChI is InChI=1S/C25H30F3N7O2/c1-24(2)19(11-20(24)36)30-23-31-21(34-13-17(14-34)33-6-8-37-9-7-33)18-12-29-35(22(18)32-23)16-5-3-4-15(10-16)25(26,27)28/h3-5,10,12,17,19-20,36H,6-9,11,13-14H2,1-2H3,(H,30,31,32)/t19-,20+/m0/s1. The van der Waals surface area contributed by atoms with Crippen LogP contribution in [0.1, 0.15) is 25.8 Å². The van der Waals surface area contributed by atoms with Gasteiger partial charge in [0.05, 0.1) is 42.2 Å². The van der Waals surface area contributed by atoms with Crippen molar-refractivity contribution in [2.24, 2.45) is 5.41 Å². The fourth-order valence-corrected chi connectivity index (χ4v) is 5.31. The van der Waals surface area contributed by atoms with Gasteiger partial charge in [-0.1, -0.05) is 19.9 Å². The van der Waals surface area contributed by atoms with Crippen molar-refractivity contribution in [3.63, 3.8) is 0 Å². The van der Waals surface area contributed by atoms with E-state index in [1.54, 1.807) is 12.3 Å². The number of morpholine rings is 1. The summed E-state index contributed by atoms with van der Waals surface area (Å²) in [4.78, 5) is 14.1. The van der Waals surface area contributed by atoms with Crippen LogP contribution in [0, 0.1) is 5.41 Å². The molecule has 2 saturated heterocycles. The van der Waals surface area contributed by atoms with Crippen molar-refractivity contribution in [3.05, 3.63) is 36.0 Å². The zero-order chi connectivity index (χ0) is 25.9. The fourth-order valence-electron chi connectivity index (χ4n) is 5.31. The molecule has 37 heavy (non-hydrogen) atoms. The van der Waals surface area contributed by atoms with Gasteiger partial charge in [-0.25, -0.2) is 4.68 Å². The number of hydrogen-bond acceptors (Lipinski definition) is 8. The Balaban J connectivity index is 1.36. The van der Waals surface area contributed by atoms with Gasteiger partial charge in [0.25, 0.3) is 0 Å². The van der Waals surface area contributed by atoms with Gasteiger partial charge in [0.1, 0.15) is 5.82 Å². The number of aromatic nitrogens is 4. The molecule has 3 fully saturated rings. The lowest BCUT2D eigenvalue weighted by Crippen LogP contribution is -2.62. The first-order valence-electron chi connectivity index (χ1n) is 12.6. The number of aliphatic hydroxyl groups is 1. The molecule has 2 N–H and O–H groups in total. The topological polar surface area (TPSA) is 91.6 Å². The lowest BCUT2D eigenvalue weighted by atomic mass is 9.65. The second-order valence-electron chi connectivity index (χ2n) is 10.7. The van der Waals surface area contributed by atoms with Gasteiger partial charge in [-0.3, -0.25) is 4.90 Å². The lowest BCUT2D eigenvalue weighted by molar-refractivity contribution is -0.137. The molecule has 0 unspecified atom stereocenters. The third kappa shape index (κ3) is 4.30. The van der Waals surface area contributed by atoms with E-state index >= 15 is 0 Å². The van der Waals surface area contributed by atoms with E-state index in [4.69, 9.17) is 9.72 Å². The van der Waals surface area contributed by atoms with Crippen molar-refractivity contribution in [1.29, 1.82) is 0 Å². The third-order valence-corrected chi connectivity index (χ3v) is 8.07. The van der Waals surface area contributed by atoms with Gasteiger partial charge in [-0.2, -0.15) is 28.2 Å². The highest BCUT2D eigenvalue weighted by Gasteiger charge is 2.48. The minimum absolute atomic E-state index is 0.0322. The number of halogens is 3. The summed E-state index contributed by atoms with van der Waals surface area (Å²) in [5.41, 5.74) is -0.394. The first-order chi connectivity index (χ1) is 17.6. The van der Waals surface area contributed by atoms with Gasteiger partial charge in [0.2, 0.25) is 5.95 Å². The molecule has 0 bridgehead atoms. The lowest BCUT2D eigenvalue weighted by Gasteiger charge is -2.49. The Hall–Kier alpha value is -2.96. The molecule has 2 aromatic heterocycles. The van der Waals surface area contributed by atoms with E-state index < -0.39 is 17.8 Å². The van der Waals surface area contributed by atoms with Crippen LogP contribution < -0.4 is 10.2 Å². The largest absolute Gasteiger partial charge is 0.416 e. The molecular weight excluding hydrogens is 487 g/mol. The van der Waals surface area contributed by atoms with E-state index in [1.165, 1.54) is 10.7 Å². The van der Waals surface area contributed by atoms with E-state index in [0.717, 1.165) is 51.5 Å². The van der Waals surface area contributed by atoms with Crippen LogP contribution in [0.4, 0.5) is 24.9 Å². The number of rotatable bonds is 5. The van der Waals surface area contributed by atoms with Crippen LogP contribution in [0.15, 0.2) is 30.5 Å². The zero-order valence-electron chi connectivity index (χ0n) is 20.7. The number of hydrogen-bond donors (Lipinski definition) is 2. The van der Waals surface area contributed by atoms with E-state index in [-0.39, 0.29) is 17.1 Å². The number of anilines is 2. The van der Waals surface area contributed by atoms with Crippen molar-refractivity contribution in [2.45, 2.75) is 44.6 Å². The molecule has 1 aliphatic carbocycles. The molecule has 198 valence electrons. The molecule has 9 nitrogen and oxygen atoms in total. The predicted octanol–water partition coefficient (Wildman–Crippen LogP) is 2.93. The van der Waals surface area contributed by atoms with Crippen molar-refractivity contribution < 1.29 is 23.0 Å². The van der Waals surface area contributed by atoms with Gasteiger partial charge in [-0.15, -0.1) is 0 Å². The Morgan fingerprint density at radius 2 is 1.89 bits per heavy atom. The smallest absolute Gasteiger partial charge is 0.392 e. The molecule has 2 atom stereocenters. The Morgan fingerprint density at radius 3 is 2.57 bits per heavy atom. The minimum Gasteiger partial charge on any atom is -0.392 e. The number of alkyl halides is 3. The zero-order valence-corrected chi connectivity index (χ0v) is 20.7. The normalized spacial score (nSPS) is 24.6. The minimum atomic E-state index is -4.46. The Morgan fingerprint density at radius 1 is 1.14 bits per heavy atom. The fraction of sp³-hybridized carbons (Fsp3) is 0.560. The summed E-state index contributed by atoms with van der Waals surface area (Å²) in [6.45, 7) is 8.79. The van der Waals surface area contributed by atoms with Crippen molar-refractivity contribution in [1.82, 2.24) is 24.6 Å². The average molecular weight is 518 g/mol. The molecule has 2 aliphatic heterocycles. The summed E-state index contributed by atoms with van der Waals surface area (Å²) in [5.74, 6) is 1.07. The molecule has 12 heteroatoms. The number of nitrogens with zero attached hydrogens (tertiary/aromatic N) is 6. The van der Waals surface area contributed by atoms with E-state index in [9.17, 15) is 18.3 Å². The van der Waals surface area contributed by atoms with Crippen LogP contribution in [0.3, 0.4) is 0 Å². The summed E-state index contributed by atoms with van der Waals surface area (Å²) >= 11 is 0. The second kappa shape index (κ2) is 8.81. The van der Waals surface area contributed by atoms with E-state index in [1.807, 2.05) is 13.8 Å². The number of nitrogens with one attached hydrogen (secondary N) is 1. The van der Waals surface area contributed by atoms with Crippen LogP contribution in [0.2, 0.25) is 0 Å². The predicted molar refractivity (Wildman–Crippen MR) is 132 cm³/mol. The van der Waals surface area contributed by atoms with Crippen LogP contribution in [0.5, 0.6) is 0 Å². The number of ether oxygens (including phenoxy) is 1. The molecule has 0 amide bonds. The third-order valence-electron chi connectivity index (χ3n) is 8.07. The molecule has 0 radical (unpaired) electrons. The molecular formula is C25H30F3N7O2. The Labute approximate surface area is 212 Å². The Kier molecular flexibility index (Phi) is 5.81.